The van der Waals surface area contributed by atoms with E-state index in [1.165, 1.54) is 13.1 Å². The molecule has 19 heavy (non-hydrogen) atoms. The Morgan fingerprint density at radius 3 is 2.63 bits per heavy atom. The van der Waals surface area contributed by atoms with Gasteiger partial charge in [-0.1, -0.05) is 0 Å². The summed E-state index contributed by atoms with van der Waals surface area (Å²) in [7, 11) is -4.66. The predicted molar refractivity (Wildman–Crippen MR) is 61.9 cm³/mol. The van der Waals surface area contributed by atoms with Crippen molar-refractivity contribution in [3.8, 4) is 5.75 Å². The molecule has 106 valence electrons. The molecule has 0 bridgehead atoms. The maximum atomic E-state index is 10.8. The fourth-order valence-electron chi connectivity index (χ4n) is 1.36. The fourth-order valence-corrected chi connectivity index (χ4v) is 1.67. The largest absolute Gasteiger partial charge is 0.469 e. The highest BCUT2D eigenvalue weighted by atomic mass is 31.2. The van der Waals surface area contributed by atoms with Gasteiger partial charge in [-0.2, -0.15) is 0 Å². The summed E-state index contributed by atoms with van der Waals surface area (Å²) >= 11 is 0. The maximum Gasteiger partial charge on any atom is 0.469 e. The number of carbonyl (C=O) groups is 1. The minimum atomic E-state index is -4.66. The number of ether oxygens (including phenoxy) is 1. The summed E-state index contributed by atoms with van der Waals surface area (Å²) in [4.78, 5) is 31.8. The van der Waals surface area contributed by atoms with E-state index in [1.807, 2.05) is 0 Å². The molecule has 0 unspecified atom stereocenters. The number of carbonyl (C=O) groups excluding carboxylic acids is 1. The van der Waals surface area contributed by atoms with E-state index < -0.39 is 27.1 Å². The quantitative estimate of drug-likeness (QED) is 0.551. The Morgan fingerprint density at radius 1 is 1.53 bits per heavy atom. The van der Waals surface area contributed by atoms with Crippen LogP contribution in [0.3, 0.4) is 0 Å². The van der Waals surface area contributed by atoms with Gasteiger partial charge < -0.3 is 25.4 Å². The highest BCUT2D eigenvalue weighted by molar-refractivity contribution is 7.46. The van der Waals surface area contributed by atoms with Crippen LogP contribution in [0.25, 0.3) is 0 Å². The molecule has 0 aliphatic rings. The second-order valence-electron chi connectivity index (χ2n) is 3.52. The second kappa shape index (κ2) is 6.09. The molecule has 0 saturated carbocycles. The van der Waals surface area contributed by atoms with E-state index in [4.69, 9.17) is 20.3 Å². The monoisotopic (exact) mass is 292 g/mol. The van der Waals surface area contributed by atoms with Gasteiger partial charge in [0.15, 0.2) is 5.75 Å². The molecule has 0 saturated heterocycles. The van der Waals surface area contributed by atoms with Gasteiger partial charge in [-0.3, -0.25) is 9.51 Å². The molecular weight excluding hydrogens is 279 g/mol. The smallest absolute Gasteiger partial charge is 0.408 e. The molecule has 1 rings (SSSR count). The van der Waals surface area contributed by atoms with Crippen LogP contribution in [-0.2, 0) is 22.3 Å². The molecule has 1 amide bonds. The normalized spacial score (nSPS) is 11.4. The van der Waals surface area contributed by atoms with Crippen molar-refractivity contribution >= 4 is 13.9 Å². The first-order valence-corrected chi connectivity index (χ1v) is 6.53. The van der Waals surface area contributed by atoms with Crippen molar-refractivity contribution in [1.29, 1.82) is 0 Å². The third-order valence-corrected chi connectivity index (χ3v) is 2.62. The van der Waals surface area contributed by atoms with Crippen molar-refractivity contribution < 1.29 is 33.5 Å². The molecule has 0 atom stereocenters. The molecule has 1 heterocycles. The molecule has 10 heteroatoms. The molecule has 1 aromatic heterocycles. The van der Waals surface area contributed by atoms with Crippen LogP contribution in [0.1, 0.15) is 16.8 Å². The minimum Gasteiger partial charge on any atom is -0.408 e. The van der Waals surface area contributed by atoms with Crippen molar-refractivity contribution in [2.24, 2.45) is 5.73 Å². The van der Waals surface area contributed by atoms with Gasteiger partial charge in [0.2, 0.25) is 0 Å². The summed E-state index contributed by atoms with van der Waals surface area (Å²) in [5.41, 5.74) is 5.48. The van der Waals surface area contributed by atoms with Crippen LogP contribution in [0.4, 0.5) is 4.79 Å². The number of pyridine rings is 1. The average molecular weight is 292 g/mol. The molecular formula is C9H13N2O7P. The maximum absolute atomic E-state index is 10.8. The third-order valence-electron chi connectivity index (χ3n) is 2.15. The molecule has 0 radical (unpaired) electrons. The number of nitrogens with zero attached hydrogens (tertiary/aromatic N) is 1. The number of aliphatic hydroxyl groups is 1. The Hall–Kier alpha value is -1.51. The van der Waals surface area contributed by atoms with Crippen LogP contribution in [0, 0.1) is 6.92 Å². The molecule has 0 fully saturated rings. The highest BCUT2D eigenvalue weighted by Crippen LogP contribution is 2.38. The predicted octanol–water partition coefficient (Wildman–Crippen LogP) is -0.0509. The first-order chi connectivity index (χ1) is 8.74. The number of nitrogens with two attached hydrogens (primary N) is 1. The zero-order chi connectivity index (χ0) is 14.6. The number of rotatable bonds is 5. The van der Waals surface area contributed by atoms with Gasteiger partial charge in [0.25, 0.3) is 0 Å². The first kappa shape index (κ1) is 15.5. The number of aryl methyl sites for hydroxylation is 1. The average Bonchev–Trinajstić information content (AvgIpc) is 2.28. The summed E-state index contributed by atoms with van der Waals surface area (Å²) in [6.07, 6.45) is 0.164. The van der Waals surface area contributed by atoms with Gasteiger partial charge in [0.1, 0.15) is 0 Å². The Labute approximate surface area is 108 Å². The summed E-state index contributed by atoms with van der Waals surface area (Å²) in [6, 6.07) is 0. The number of aromatic nitrogens is 1. The van der Waals surface area contributed by atoms with Crippen LogP contribution >= 0.6 is 7.82 Å². The number of phosphoric acid groups is 1. The van der Waals surface area contributed by atoms with E-state index in [0.717, 1.165) is 0 Å². The fraction of sp³-hybridized carbons (Fsp3) is 0.333. The zero-order valence-electron chi connectivity index (χ0n) is 9.94. The molecule has 0 spiro atoms. The Bertz CT molecular complexity index is 528. The van der Waals surface area contributed by atoms with Gasteiger partial charge in [-0.15, -0.1) is 0 Å². The lowest BCUT2D eigenvalue weighted by Gasteiger charge is -2.14. The second-order valence-corrected chi connectivity index (χ2v) is 4.76. The zero-order valence-corrected chi connectivity index (χ0v) is 10.8. The van der Waals surface area contributed by atoms with E-state index in [-0.39, 0.29) is 16.9 Å². The molecule has 9 nitrogen and oxygen atoms in total. The Kier molecular flexibility index (Phi) is 4.98. The lowest BCUT2D eigenvalue weighted by molar-refractivity contribution is 0.184. The summed E-state index contributed by atoms with van der Waals surface area (Å²) in [5.74, 6) is -0.0539. The number of aliphatic hydroxyl groups excluding tert-OH is 1. The molecule has 0 aliphatic carbocycles. The standard InChI is InChI=1S/C9H13N2O7P/c1-5-8(18-9(10)13)7(3-12)6(2-11-5)4-17-19(14,15)16/h2,12H,3-4H2,1H3,(H2,10,13)(H2,14,15,16). The minimum absolute atomic E-state index is 0.0539. The molecule has 5 N–H and O–H groups in total. The van der Waals surface area contributed by atoms with E-state index in [0.29, 0.717) is 5.69 Å². The third kappa shape index (κ3) is 4.58. The van der Waals surface area contributed by atoms with Crippen molar-refractivity contribution in [3.05, 3.63) is 23.0 Å². The summed E-state index contributed by atoms with van der Waals surface area (Å²) < 4.78 is 19.6. The van der Waals surface area contributed by atoms with E-state index in [2.05, 4.69) is 9.51 Å². The van der Waals surface area contributed by atoms with E-state index in [1.54, 1.807) is 0 Å². The van der Waals surface area contributed by atoms with Crippen molar-refractivity contribution in [1.82, 2.24) is 4.98 Å². The van der Waals surface area contributed by atoms with Crippen molar-refractivity contribution in [2.45, 2.75) is 20.1 Å². The van der Waals surface area contributed by atoms with Gasteiger partial charge in [-0.05, 0) is 6.92 Å². The Morgan fingerprint density at radius 2 is 2.16 bits per heavy atom. The van der Waals surface area contributed by atoms with E-state index >= 15 is 0 Å². The Balaban J connectivity index is 3.12. The lowest BCUT2D eigenvalue weighted by Crippen LogP contribution is -2.19. The van der Waals surface area contributed by atoms with Crippen LogP contribution in [0.15, 0.2) is 6.20 Å². The van der Waals surface area contributed by atoms with Gasteiger partial charge >= 0.3 is 13.9 Å². The molecule has 1 aromatic rings. The summed E-state index contributed by atoms with van der Waals surface area (Å²) in [5, 5.41) is 9.26. The number of phosphoric ester groups is 1. The number of amides is 1. The lowest BCUT2D eigenvalue weighted by atomic mass is 10.1. The van der Waals surface area contributed by atoms with Crippen LogP contribution in [0.5, 0.6) is 5.75 Å². The van der Waals surface area contributed by atoms with E-state index in [9.17, 15) is 14.5 Å². The van der Waals surface area contributed by atoms with Gasteiger partial charge in [0.05, 0.1) is 18.9 Å². The number of primary amides is 1. The topological polar surface area (TPSA) is 152 Å². The van der Waals surface area contributed by atoms with Crippen molar-refractivity contribution in [3.63, 3.8) is 0 Å². The van der Waals surface area contributed by atoms with Gasteiger partial charge in [0, 0.05) is 17.3 Å². The molecule has 0 aromatic carbocycles. The van der Waals surface area contributed by atoms with Crippen LogP contribution in [0.2, 0.25) is 0 Å². The highest BCUT2D eigenvalue weighted by Gasteiger charge is 2.19. The number of hydrogen-bond acceptors (Lipinski definition) is 6. The van der Waals surface area contributed by atoms with Crippen molar-refractivity contribution in [2.75, 3.05) is 0 Å². The molecule has 0 aliphatic heterocycles. The first-order valence-electron chi connectivity index (χ1n) is 5.00. The van der Waals surface area contributed by atoms with Crippen LogP contribution < -0.4 is 10.5 Å². The SMILES string of the molecule is Cc1ncc(COP(=O)(O)O)c(CO)c1OC(N)=O. The number of hydrogen-bond donors (Lipinski definition) is 4. The van der Waals surface area contributed by atoms with Gasteiger partial charge in [-0.25, -0.2) is 9.36 Å². The summed E-state index contributed by atoms with van der Waals surface area (Å²) in [6.45, 7) is 0.486. The van der Waals surface area contributed by atoms with Crippen LogP contribution in [-0.4, -0.2) is 26.0 Å².